The van der Waals surface area contributed by atoms with Gasteiger partial charge in [0.2, 0.25) is 0 Å². The maximum atomic E-state index is 0. The van der Waals surface area contributed by atoms with Gasteiger partial charge in [0.25, 0.3) is 0 Å². The maximum absolute atomic E-state index is 0. The monoisotopic (exact) mass is 290 g/mol. The van der Waals surface area contributed by atoms with Gasteiger partial charge in [0.05, 0.1) is 0 Å². The largest absolute Gasteiger partial charge is 0 e. The average Bonchev–Trinajstić information content (AvgIpc) is 0. The quantitative estimate of drug-likeness (QED) is 0.514. The van der Waals surface area contributed by atoms with Gasteiger partial charge in [0, 0.05) is 105 Å². The summed E-state index contributed by atoms with van der Waals surface area (Å²) in [4.78, 5) is 0. The number of rotatable bonds is 0. The van der Waals surface area contributed by atoms with Gasteiger partial charge in [-0.05, 0) is 0 Å². The van der Waals surface area contributed by atoms with Gasteiger partial charge in [-0.3, -0.25) is 0 Å². The van der Waals surface area contributed by atoms with Crippen LogP contribution in [0.1, 0.15) is 0 Å². The second kappa shape index (κ2) is 41.8. The summed E-state index contributed by atoms with van der Waals surface area (Å²) < 4.78 is 0. The van der Waals surface area contributed by atoms with E-state index in [1.54, 1.807) is 0 Å². The Bertz CT molecular complexity index is 15.5. The molecule has 8 radical (unpaired) electrons. The van der Waals surface area contributed by atoms with Crippen LogP contribution >= 0.6 is 0 Å². The second-order valence-corrected chi connectivity index (χ2v) is 0. The van der Waals surface area contributed by atoms with Crippen molar-refractivity contribution in [2.24, 2.45) is 0 Å². The van der Waals surface area contributed by atoms with Crippen molar-refractivity contribution in [1.29, 1.82) is 0 Å². The topological polar surface area (TPSA) is 0 Å². The molecule has 0 amide bonds. The minimum Gasteiger partial charge on any atom is 0 e. The Labute approximate surface area is 103 Å². The predicted octanol–water partition coefficient (Wildman–Crippen LogP) is -0.772. The van der Waals surface area contributed by atoms with Crippen molar-refractivity contribution < 1.29 is 70.7 Å². The zero-order valence-electron chi connectivity index (χ0n) is 2.95. The Kier molecular flexibility index (Phi) is 425. The van der Waals surface area contributed by atoms with Gasteiger partial charge in [0.1, 0.15) is 0 Å². The first-order chi connectivity index (χ1) is 0. The van der Waals surface area contributed by atoms with Crippen molar-refractivity contribution >= 4 is 34.0 Å². The number of hydrogen-bond acceptors (Lipinski definition) is 0. The Hall–Kier alpha value is 3.16. The van der Waals surface area contributed by atoms with Crippen molar-refractivity contribution in [3.05, 3.63) is 0 Å². The van der Waals surface area contributed by atoms with E-state index in [2.05, 4.69) is 0 Å². The molecule has 0 aromatic heterocycles. The predicted molar refractivity (Wildman–Crippen MR) is 11.5 cm³/mol. The minimum absolute atomic E-state index is 0. The summed E-state index contributed by atoms with van der Waals surface area (Å²) in [6.45, 7) is 0. The summed E-state index contributed by atoms with van der Waals surface area (Å²) in [5.41, 5.74) is 0. The van der Waals surface area contributed by atoms with E-state index < -0.39 is 0 Å². The van der Waals surface area contributed by atoms with E-state index >= 15 is 0 Å². The number of hydrogen-bond donors (Lipinski definition) is 0. The summed E-state index contributed by atoms with van der Waals surface area (Å²) >= 11 is 0. The third-order valence-electron chi connectivity index (χ3n) is 0. The molecular formula is CuFeMgMnSiZn. The Morgan fingerprint density at radius 1 is 1.00 bits per heavy atom. The summed E-state index contributed by atoms with van der Waals surface area (Å²) in [7, 11) is 0. The van der Waals surface area contributed by atoms with Crippen molar-refractivity contribution in [3.8, 4) is 0 Å². The molecule has 0 fully saturated rings. The molecular weight excluding hydrogens is 292 g/mol. The molecule has 0 aromatic rings. The summed E-state index contributed by atoms with van der Waals surface area (Å²) in [6.07, 6.45) is 0. The van der Waals surface area contributed by atoms with Gasteiger partial charge in [-0.2, -0.15) is 0 Å². The molecule has 6 heavy (non-hydrogen) atoms. The molecule has 6 heteroatoms. The second-order valence-electron chi connectivity index (χ2n) is 0. The van der Waals surface area contributed by atoms with Gasteiger partial charge in [0.15, 0.2) is 0 Å². The molecule has 0 nitrogen and oxygen atoms in total. The van der Waals surface area contributed by atoms with Crippen LogP contribution < -0.4 is 0 Å². The van der Waals surface area contributed by atoms with Crippen LogP contribution in [0, 0.1) is 0 Å². The smallest absolute Gasteiger partial charge is 0 e. The molecule has 0 unspecified atom stereocenters. The van der Waals surface area contributed by atoms with Crippen LogP contribution in [0.15, 0.2) is 0 Å². The molecule has 34 valence electrons. The van der Waals surface area contributed by atoms with E-state index in [9.17, 15) is 0 Å². The van der Waals surface area contributed by atoms with Gasteiger partial charge in [-0.15, -0.1) is 0 Å². The van der Waals surface area contributed by atoms with E-state index in [-0.39, 0.29) is 105 Å². The average molecular weight is 292 g/mol. The van der Waals surface area contributed by atoms with E-state index in [1.165, 1.54) is 0 Å². The first kappa shape index (κ1) is 61.0. The van der Waals surface area contributed by atoms with Crippen molar-refractivity contribution in [2.75, 3.05) is 0 Å². The zero-order valence-corrected chi connectivity index (χ0v) is 11.6. The standard InChI is InChI=1S/Cu.Fe.Mg.Mn.Si.Zn. The van der Waals surface area contributed by atoms with Crippen LogP contribution in [-0.4, -0.2) is 34.0 Å². The molecule has 0 heterocycles. The Morgan fingerprint density at radius 2 is 1.00 bits per heavy atom. The Balaban J connectivity index is 0. The van der Waals surface area contributed by atoms with E-state index in [0.29, 0.717) is 0 Å². The van der Waals surface area contributed by atoms with Crippen LogP contribution in [0.2, 0.25) is 0 Å². The third-order valence-corrected chi connectivity index (χ3v) is 0. The fourth-order valence-electron chi connectivity index (χ4n) is 0. The van der Waals surface area contributed by atoms with E-state index in [1.807, 2.05) is 0 Å². The molecule has 0 aliphatic carbocycles. The van der Waals surface area contributed by atoms with Gasteiger partial charge in [-0.1, -0.05) is 0 Å². The molecule has 0 spiro atoms. The van der Waals surface area contributed by atoms with Gasteiger partial charge < -0.3 is 0 Å². The summed E-state index contributed by atoms with van der Waals surface area (Å²) in [6, 6.07) is 0. The molecule has 0 bridgehead atoms. The third kappa shape index (κ3) is 27.2. The van der Waals surface area contributed by atoms with Crippen LogP contribution in [0.4, 0.5) is 0 Å². The molecule has 0 saturated carbocycles. The Morgan fingerprint density at radius 3 is 1.00 bits per heavy atom. The fraction of sp³-hybridized carbons (Fsp3) is 0. The molecule has 0 N–H and O–H groups in total. The molecule has 0 aliphatic rings. The first-order valence-corrected chi connectivity index (χ1v) is 0. The van der Waals surface area contributed by atoms with Gasteiger partial charge in [-0.25, -0.2) is 0 Å². The molecule has 0 aromatic carbocycles. The fourth-order valence-corrected chi connectivity index (χ4v) is 0. The van der Waals surface area contributed by atoms with Crippen LogP contribution in [-0.2, 0) is 70.7 Å². The maximum Gasteiger partial charge on any atom is 0 e. The van der Waals surface area contributed by atoms with Gasteiger partial charge >= 0.3 is 0 Å². The normalized spacial score (nSPS) is 0. The molecule has 0 rings (SSSR count). The molecule has 0 atom stereocenters. The zero-order chi connectivity index (χ0) is 0. The van der Waals surface area contributed by atoms with Crippen LogP contribution in [0.5, 0.6) is 0 Å². The summed E-state index contributed by atoms with van der Waals surface area (Å²) in [5.74, 6) is 0. The van der Waals surface area contributed by atoms with Crippen molar-refractivity contribution in [1.82, 2.24) is 0 Å². The van der Waals surface area contributed by atoms with Crippen LogP contribution in [0.3, 0.4) is 0 Å². The van der Waals surface area contributed by atoms with E-state index in [4.69, 9.17) is 0 Å². The first-order valence-electron chi connectivity index (χ1n) is 0. The van der Waals surface area contributed by atoms with Crippen molar-refractivity contribution in [2.45, 2.75) is 0 Å². The van der Waals surface area contributed by atoms with Crippen molar-refractivity contribution in [3.63, 3.8) is 0 Å². The molecule has 0 saturated heterocycles. The minimum atomic E-state index is 0. The molecule has 0 aliphatic heterocycles. The SMILES string of the molecule is [Cu].[Fe].[Mg].[Mn].[Si].[Zn]. The van der Waals surface area contributed by atoms with Crippen LogP contribution in [0.25, 0.3) is 0 Å². The summed E-state index contributed by atoms with van der Waals surface area (Å²) in [5, 5.41) is 0. The van der Waals surface area contributed by atoms with E-state index in [0.717, 1.165) is 0 Å².